The Balaban J connectivity index is 1.59. The Bertz CT molecular complexity index is 675. The summed E-state index contributed by atoms with van der Waals surface area (Å²) < 4.78 is 5.55. The Morgan fingerprint density at radius 1 is 1.19 bits per heavy atom. The number of amides is 1. The van der Waals surface area contributed by atoms with Gasteiger partial charge in [-0.05, 0) is 70.4 Å². The number of nitrogens with zero attached hydrogens (tertiary/aromatic N) is 3. The Labute approximate surface area is 195 Å². The number of carbonyl (C=O) groups excluding carboxylic acids is 1. The van der Waals surface area contributed by atoms with E-state index >= 15 is 0 Å². The molecule has 1 N–H and O–H groups in total. The molecule has 3 rings (SSSR count). The lowest BCUT2D eigenvalue weighted by molar-refractivity contribution is -0.136. The maximum atomic E-state index is 13.2. The highest BCUT2D eigenvalue weighted by Gasteiger charge is 2.32. The number of ether oxygens (including phenoxy) is 1. The van der Waals surface area contributed by atoms with E-state index in [0.29, 0.717) is 36.1 Å². The first kappa shape index (κ1) is 25.2. The molecule has 1 saturated carbocycles. The van der Waals surface area contributed by atoms with Gasteiger partial charge in [0.25, 0.3) is 0 Å². The molecule has 1 amide bonds. The maximum Gasteiger partial charge on any atom is 0.223 e. The summed E-state index contributed by atoms with van der Waals surface area (Å²) in [6.07, 6.45) is 11.8. The average Bonchev–Trinajstić information content (AvgIpc) is 3.24. The predicted molar refractivity (Wildman–Crippen MR) is 130 cm³/mol. The Hall–Kier alpha value is -1.40. The lowest BCUT2D eigenvalue weighted by Gasteiger charge is -2.40. The lowest BCUT2D eigenvalue weighted by atomic mass is 9.81. The highest BCUT2D eigenvalue weighted by Crippen LogP contribution is 2.36. The van der Waals surface area contributed by atoms with E-state index < -0.39 is 0 Å². The van der Waals surface area contributed by atoms with Crippen LogP contribution in [-0.4, -0.2) is 65.3 Å². The van der Waals surface area contributed by atoms with E-state index in [1.807, 2.05) is 6.20 Å². The first-order valence-electron chi connectivity index (χ1n) is 13.1. The predicted octanol–water partition coefficient (Wildman–Crippen LogP) is 4.97. The maximum absolute atomic E-state index is 13.2. The molecular formula is C26H46N4O2. The van der Waals surface area contributed by atoms with Gasteiger partial charge in [0.05, 0.1) is 6.20 Å². The molecule has 6 nitrogen and oxygen atoms in total. The summed E-state index contributed by atoms with van der Waals surface area (Å²) in [5.41, 5.74) is 2.68. The molecule has 1 aliphatic carbocycles. The van der Waals surface area contributed by atoms with Crippen LogP contribution in [0.5, 0.6) is 0 Å². The largest absolute Gasteiger partial charge is 0.381 e. The molecule has 0 unspecified atom stereocenters. The van der Waals surface area contributed by atoms with Crippen molar-refractivity contribution in [2.24, 2.45) is 11.8 Å². The second-order valence-electron chi connectivity index (χ2n) is 10.6. The standard InChI is InChI=1S/C26H46N4O2/c1-5-6-13-29(4)19-23-17-27-28-26(23)22-7-9-24(10-8-22)30(25(31)16-20(2)3)18-21-11-14-32-15-12-21/h17,20-22,24H,5-16,18-19H2,1-4H3,(H,27,28). The number of hydrogen-bond donors (Lipinski definition) is 1. The lowest BCUT2D eigenvalue weighted by Crippen LogP contribution is -2.46. The number of rotatable bonds is 11. The highest BCUT2D eigenvalue weighted by molar-refractivity contribution is 5.76. The number of nitrogens with one attached hydrogen (secondary N) is 1. The molecule has 0 atom stereocenters. The zero-order chi connectivity index (χ0) is 22.9. The molecule has 1 aromatic heterocycles. The van der Waals surface area contributed by atoms with Crippen molar-refractivity contribution in [1.82, 2.24) is 20.0 Å². The smallest absolute Gasteiger partial charge is 0.223 e. The van der Waals surface area contributed by atoms with Gasteiger partial charge in [-0.3, -0.25) is 9.89 Å². The third kappa shape index (κ3) is 7.31. The number of carbonyl (C=O) groups is 1. The molecular weight excluding hydrogens is 400 g/mol. The van der Waals surface area contributed by atoms with Crippen LogP contribution in [0.15, 0.2) is 6.20 Å². The number of unbranched alkanes of at least 4 members (excludes halogenated alkanes) is 1. The summed E-state index contributed by atoms with van der Waals surface area (Å²) in [5, 5.41) is 7.72. The van der Waals surface area contributed by atoms with Crippen molar-refractivity contribution in [3.63, 3.8) is 0 Å². The Kier molecular flexibility index (Phi) is 10.0. The van der Waals surface area contributed by atoms with Crippen molar-refractivity contribution in [1.29, 1.82) is 0 Å². The molecule has 2 fully saturated rings. The van der Waals surface area contributed by atoms with Crippen LogP contribution in [0, 0.1) is 11.8 Å². The molecule has 0 spiro atoms. The van der Waals surface area contributed by atoms with Gasteiger partial charge < -0.3 is 14.5 Å². The van der Waals surface area contributed by atoms with Crippen LogP contribution in [0.4, 0.5) is 0 Å². The number of H-pyrrole nitrogens is 1. The molecule has 1 aromatic rings. The van der Waals surface area contributed by atoms with Gasteiger partial charge in [0, 0.05) is 55.9 Å². The molecule has 6 heteroatoms. The second kappa shape index (κ2) is 12.7. The highest BCUT2D eigenvalue weighted by atomic mass is 16.5. The van der Waals surface area contributed by atoms with E-state index in [4.69, 9.17) is 4.74 Å². The Morgan fingerprint density at radius 3 is 2.56 bits per heavy atom. The number of aromatic nitrogens is 2. The van der Waals surface area contributed by atoms with Crippen molar-refractivity contribution in [2.45, 2.75) is 97.1 Å². The minimum Gasteiger partial charge on any atom is -0.381 e. The summed E-state index contributed by atoms with van der Waals surface area (Å²) in [6.45, 7) is 11.3. The topological polar surface area (TPSA) is 61.5 Å². The van der Waals surface area contributed by atoms with E-state index in [1.54, 1.807) is 0 Å². The summed E-state index contributed by atoms with van der Waals surface area (Å²) in [4.78, 5) is 17.8. The van der Waals surface area contributed by atoms with Crippen LogP contribution in [0.25, 0.3) is 0 Å². The van der Waals surface area contributed by atoms with Crippen LogP contribution in [0.2, 0.25) is 0 Å². The molecule has 2 aliphatic rings. The molecule has 1 saturated heterocycles. The molecule has 0 aromatic carbocycles. The molecule has 2 heterocycles. The van der Waals surface area contributed by atoms with Gasteiger partial charge in [0.1, 0.15) is 0 Å². The molecule has 182 valence electrons. The van der Waals surface area contributed by atoms with Crippen LogP contribution >= 0.6 is 0 Å². The first-order chi connectivity index (χ1) is 15.5. The van der Waals surface area contributed by atoms with Gasteiger partial charge in [0.15, 0.2) is 0 Å². The first-order valence-corrected chi connectivity index (χ1v) is 13.1. The van der Waals surface area contributed by atoms with Crippen molar-refractivity contribution in [3.05, 3.63) is 17.5 Å². The van der Waals surface area contributed by atoms with Crippen molar-refractivity contribution >= 4 is 5.91 Å². The average molecular weight is 447 g/mol. The van der Waals surface area contributed by atoms with Crippen molar-refractivity contribution < 1.29 is 9.53 Å². The van der Waals surface area contributed by atoms with E-state index in [2.05, 4.69) is 47.8 Å². The fourth-order valence-corrected chi connectivity index (χ4v) is 5.40. The summed E-state index contributed by atoms with van der Waals surface area (Å²) >= 11 is 0. The summed E-state index contributed by atoms with van der Waals surface area (Å²) in [5.74, 6) is 1.90. The summed E-state index contributed by atoms with van der Waals surface area (Å²) in [7, 11) is 2.21. The van der Waals surface area contributed by atoms with E-state index in [9.17, 15) is 4.79 Å². The molecule has 0 radical (unpaired) electrons. The van der Waals surface area contributed by atoms with Crippen molar-refractivity contribution in [2.75, 3.05) is 33.4 Å². The molecule has 1 aliphatic heterocycles. The van der Waals surface area contributed by atoms with Gasteiger partial charge in [-0.2, -0.15) is 5.10 Å². The Morgan fingerprint density at radius 2 is 1.91 bits per heavy atom. The minimum absolute atomic E-state index is 0.356. The fourth-order valence-electron chi connectivity index (χ4n) is 5.40. The van der Waals surface area contributed by atoms with Crippen LogP contribution in [0.1, 0.15) is 95.7 Å². The zero-order valence-corrected chi connectivity index (χ0v) is 20.9. The van der Waals surface area contributed by atoms with Crippen LogP contribution < -0.4 is 0 Å². The summed E-state index contributed by atoms with van der Waals surface area (Å²) in [6, 6.07) is 0.388. The minimum atomic E-state index is 0.356. The van der Waals surface area contributed by atoms with Crippen LogP contribution in [0.3, 0.4) is 0 Å². The molecule has 32 heavy (non-hydrogen) atoms. The number of hydrogen-bond acceptors (Lipinski definition) is 4. The van der Waals surface area contributed by atoms with E-state index in [-0.39, 0.29) is 0 Å². The fraction of sp³-hybridized carbons (Fsp3) is 0.846. The van der Waals surface area contributed by atoms with Gasteiger partial charge in [-0.15, -0.1) is 0 Å². The number of aromatic amines is 1. The quantitative estimate of drug-likeness (QED) is 0.521. The normalized spacial score (nSPS) is 22.6. The van der Waals surface area contributed by atoms with E-state index in [1.165, 1.54) is 24.1 Å². The SMILES string of the molecule is CCCCN(C)Cc1cn[nH]c1C1CCC(N(CC2CCOCC2)C(=O)CC(C)C)CC1. The van der Waals surface area contributed by atoms with Crippen molar-refractivity contribution in [3.8, 4) is 0 Å². The monoisotopic (exact) mass is 446 g/mol. The van der Waals surface area contributed by atoms with E-state index in [0.717, 1.165) is 71.4 Å². The molecule has 0 bridgehead atoms. The van der Waals surface area contributed by atoms with Crippen LogP contribution in [-0.2, 0) is 16.1 Å². The second-order valence-corrected chi connectivity index (χ2v) is 10.6. The van der Waals surface area contributed by atoms with Gasteiger partial charge >= 0.3 is 0 Å². The van der Waals surface area contributed by atoms with Gasteiger partial charge in [-0.1, -0.05) is 27.2 Å². The third-order valence-corrected chi connectivity index (χ3v) is 7.33. The third-order valence-electron chi connectivity index (χ3n) is 7.33. The van der Waals surface area contributed by atoms with Gasteiger partial charge in [0.2, 0.25) is 5.91 Å². The zero-order valence-electron chi connectivity index (χ0n) is 20.9. The van der Waals surface area contributed by atoms with Gasteiger partial charge in [-0.25, -0.2) is 0 Å².